The van der Waals surface area contributed by atoms with Crippen LogP contribution in [0.5, 0.6) is 11.5 Å². The van der Waals surface area contributed by atoms with Crippen molar-refractivity contribution >= 4 is 29.6 Å². The molecule has 0 radical (unpaired) electrons. The van der Waals surface area contributed by atoms with Crippen molar-refractivity contribution in [1.82, 2.24) is 0 Å². The minimum absolute atomic E-state index is 0. The van der Waals surface area contributed by atoms with E-state index in [2.05, 4.69) is 19.9 Å². The molecule has 0 bridgehead atoms. The van der Waals surface area contributed by atoms with Crippen molar-refractivity contribution in [1.29, 1.82) is 0 Å². The maximum atomic E-state index is 11.8. The van der Waals surface area contributed by atoms with E-state index in [-0.39, 0.29) is 147 Å². The second-order valence-electron chi connectivity index (χ2n) is 3.83. The summed E-state index contributed by atoms with van der Waals surface area (Å²) in [5.74, 6) is -0.304. The summed E-state index contributed by atoms with van der Waals surface area (Å²) in [7, 11) is 0. The van der Waals surface area contributed by atoms with Crippen LogP contribution < -0.4 is 132 Å². The molecule has 0 aliphatic rings. The molecule has 10 heteroatoms. The second kappa shape index (κ2) is 21.9. The van der Waals surface area contributed by atoms with Crippen molar-refractivity contribution in [2.45, 2.75) is 27.7 Å². The number of anilines is 2. The van der Waals surface area contributed by atoms with Gasteiger partial charge in [-0.2, -0.15) is 0 Å². The Morgan fingerprint density at radius 2 is 1.59 bits per heavy atom. The van der Waals surface area contributed by atoms with E-state index < -0.39 is 6.03 Å². The molecule has 0 fully saturated rings. The number of amides is 2. The zero-order valence-electron chi connectivity index (χ0n) is 17.7. The molecule has 0 unspecified atom stereocenters. The molecule has 7 nitrogen and oxygen atoms in total. The van der Waals surface area contributed by atoms with Crippen LogP contribution in [0, 0.1) is 0 Å². The van der Waals surface area contributed by atoms with Gasteiger partial charge in [-0.05, 0) is 24.3 Å². The number of nitrogens with one attached hydrogen (secondary N) is 3. The summed E-state index contributed by atoms with van der Waals surface area (Å²) in [4.78, 5) is 16.5. The van der Waals surface area contributed by atoms with Gasteiger partial charge in [0.25, 0.3) is 0 Å². The van der Waals surface area contributed by atoms with Gasteiger partial charge in [0.15, 0.2) is 5.75 Å². The quantitative estimate of drug-likeness (QED) is 0.165. The number of para-hydroxylation sites is 2. The Kier molecular flexibility index (Phi) is 26.6. The molecule has 0 saturated heterocycles. The van der Waals surface area contributed by atoms with Crippen LogP contribution >= 0.6 is 12.2 Å². The van der Waals surface area contributed by atoms with Gasteiger partial charge in [0.2, 0.25) is 5.75 Å². The first-order chi connectivity index (χ1) is 12.2. The third-order valence-electron chi connectivity index (χ3n) is 2.44. The monoisotopic (exact) mass is 537 g/mol. The van der Waals surface area contributed by atoms with E-state index in [9.17, 15) is 9.90 Å². The van der Waals surface area contributed by atoms with Crippen molar-refractivity contribution in [3.8, 4) is 11.5 Å². The summed E-state index contributed by atoms with van der Waals surface area (Å²) in [5, 5.41) is 21.7. The van der Waals surface area contributed by atoms with Gasteiger partial charge in [0, 0.05) is 5.69 Å². The van der Waals surface area contributed by atoms with Crippen LogP contribution in [0.4, 0.5) is 16.2 Å². The van der Waals surface area contributed by atoms with Crippen LogP contribution in [0.3, 0.4) is 0 Å². The zero-order valence-corrected chi connectivity index (χ0v) is 27.3. The fourth-order valence-electron chi connectivity index (χ4n) is 1.55. The van der Waals surface area contributed by atoms with Crippen molar-refractivity contribution in [3.63, 3.8) is 0 Å². The average molecular weight is 538 g/mol. The molecule has 2 rings (SSSR count). The van der Waals surface area contributed by atoms with Crippen molar-refractivity contribution in [2.75, 3.05) is 10.6 Å². The second-order valence-corrected chi connectivity index (χ2v) is 4.13. The van der Waals surface area contributed by atoms with E-state index in [1.54, 1.807) is 30.3 Å². The van der Waals surface area contributed by atoms with Gasteiger partial charge in [-0.3, -0.25) is 0 Å². The van der Waals surface area contributed by atoms with Crippen molar-refractivity contribution in [2.24, 2.45) is 0 Å². The van der Waals surface area contributed by atoms with E-state index in [0.29, 0.717) is 5.69 Å². The van der Waals surface area contributed by atoms with Gasteiger partial charge < -0.3 is 27.2 Å². The van der Waals surface area contributed by atoms with Gasteiger partial charge in [0.1, 0.15) is 0 Å². The molecule has 2 aromatic carbocycles. The maximum absolute atomic E-state index is 11.8. The summed E-state index contributed by atoms with van der Waals surface area (Å²) in [5.41, 5.74) is 0.773. The van der Waals surface area contributed by atoms with E-state index in [1.165, 1.54) is 12.1 Å². The predicted molar refractivity (Wildman–Crippen MR) is 105 cm³/mol. The maximum Gasteiger partial charge on any atom is 1.00 e. The molecule has 0 aliphatic carbocycles. The molecule has 0 aliphatic heterocycles. The summed E-state index contributed by atoms with van der Waals surface area (Å²) in [6, 6.07) is 12.9. The van der Waals surface area contributed by atoms with Crippen LogP contribution in [0.1, 0.15) is 29.1 Å². The number of aromatic hydroxyl groups is 1. The van der Waals surface area contributed by atoms with Gasteiger partial charge >= 0.3 is 122 Å². The van der Waals surface area contributed by atoms with Gasteiger partial charge in [-0.1, -0.05) is 64.2 Å². The minimum Gasteiger partial charge on any atom is -1.00 e. The molecular formula is C17H25N3O4Rb2S. The number of carbonyl (C=O) groups is 1. The number of hydrogen-bond acceptors (Lipinski definition) is 5. The molecule has 2 aromatic rings. The van der Waals surface area contributed by atoms with E-state index in [0.717, 1.165) is 0 Å². The molecule has 27 heavy (non-hydrogen) atoms. The first kappa shape index (κ1) is 32.8. The number of benzene rings is 2. The van der Waals surface area contributed by atoms with Gasteiger partial charge in [-0.15, -0.1) is 4.33 Å². The van der Waals surface area contributed by atoms with Crippen LogP contribution in [-0.4, -0.2) is 11.1 Å². The Labute approximate surface area is 264 Å². The predicted octanol–water partition coefficient (Wildman–Crippen LogP) is 0.135. The molecule has 0 spiro atoms. The summed E-state index contributed by atoms with van der Waals surface area (Å²) >= 11 is 0.244. The van der Waals surface area contributed by atoms with Gasteiger partial charge in [-0.25, -0.2) is 4.79 Å². The van der Waals surface area contributed by atoms with E-state index in [1.807, 2.05) is 33.8 Å². The summed E-state index contributed by atoms with van der Waals surface area (Å²) in [6.07, 6.45) is 0. The number of carbonyl (C=O) groups excluding carboxylic acids is 1. The summed E-state index contributed by atoms with van der Waals surface area (Å²) in [6.45, 7) is 8.00. The van der Waals surface area contributed by atoms with Gasteiger partial charge in [0.05, 0.1) is 5.69 Å². The fraction of sp³-hybridized carbons (Fsp3) is 0.235. The van der Waals surface area contributed by atoms with Crippen LogP contribution in [0.15, 0.2) is 48.5 Å². The first-order valence-electron chi connectivity index (χ1n) is 7.82. The standard InChI is InChI=1S/C13H12N3O4S.2C2H6.2Rb.H/c14-21-20-19-11-8-4-7-10(12(11)17)16-13(18)15-9-5-2-1-3-6-9;2*1-2;;;/h1-8,14,17H,(H2,15,16,18);2*1-2H3;;;/q-1;;;2*+1;-1. The topological polar surface area (TPSA) is 104 Å². The number of rotatable bonds is 5. The zero-order chi connectivity index (χ0) is 19.1. The molecular weight excluding hydrogens is 513 g/mol. The van der Waals surface area contributed by atoms with Crippen LogP contribution in [-0.2, 0) is 4.33 Å². The Bertz CT molecular complexity index is 629. The molecule has 0 heterocycles. The SMILES string of the molecule is CC.CC.[H-].[NH-]SOOc1cccc(NC(=O)Nc2ccccc2)c1O.[Rb+].[Rb+]. The molecule has 0 atom stereocenters. The summed E-state index contributed by atoms with van der Waals surface area (Å²) < 4.78 is 4.35. The molecule has 4 N–H and O–H groups in total. The largest absolute Gasteiger partial charge is 1.00 e. The van der Waals surface area contributed by atoms with Crippen LogP contribution in [0.2, 0.25) is 0 Å². The number of phenolic OH excluding ortho intramolecular Hbond substituents is 1. The minimum atomic E-state index is -0.510. The smallest absolute Gasteiger partial charge is 1.00 e. The molecule has 2 amide bonds. The fourth-order valence-corrected chi connectivity index (χ4v) is 1.66. The Balaban J connectivity index is -0.000000386. The number of urea groups is 1. The molecule has 0 aromatic heterocycles. The third-order valence-corrected chi connectivity index (χ3v) is 2.57. The Morgan fingerprint density at radius 1 is 1.00 bits per heavy atom. The Hall–Kier alpha value is 1.19. The molecule has 0 saturated carbocycles. The number of phenols is 1. The molecule has 140 valence electrons. The Morgan fingerprint density at radius 3 is 2.15 bits per heavy atom. The van der Waals surface area contributed by atoms with E-state index in [4.69, 9.17) is 5.14 Å². The third kappa shape index (κ3) is 13.9. The first-order valence-corrected chi connectivity index (χ1v) is 8.57. The van der Waals surface area contributed by atoms with E-state index >= 15 is 0 Å². The number of hydrogen-bond donors (Lipinski definition) is 3. The average Bonchev–Trinajstić information content (AvgIpc) is 2.66. The van der Waals surface area contributed by atoms with Crippen molar-refractivity contribution < 1.29 is 137 Å². The van der Waals surface area contributed by atoms with Crippen molar-refractivity contribution in [3.05, 3.63) is 53.7 Å². The van der Waals surface area contributed by atoms with Crippen LogP contribution in [0.25, 0.3) is 5.14 Å². The normalized spacial score (nSPS) is 8.19.